The van der Waals surface area contributed by atoms with Gasteiger partial charge in [0.1, 0.15) is 12.4 Å². The molecule has 1 unspecified atom stereocenters. The summed E-state index contributed by atoms with van der Waals surface area (Å²) in [6.45, 7) is 1.43. The number of carbonyl (C=O) groups excluding carboxylic acids is 1. The van der Waals surface area contributed by atoms with Gasteiger partial charge in [-0.2, -0.15) is 0 Å². The SMILES string of the molecule is O=C(CO)N(CCN1[C@@H]2CC[C@H]1CC(c1cccc(O)c1)C2)Cc1ccc(Cl)cc1. The molecule has 2 heterocycles. The van der Waals surface area contributed by atoms with Crippen LogP contribution in [-0.4, -0.2) is 57.7 Å². The standard InChI is InChI=1S/C24H29ClN2O3/c25-20-6-4-17(5-7-20)15-26(24(30)16-28)10-11-27-21-8-9-22(27)13-19(12-21)18-2-1-3-23(29)14-18/h1-7,14,19,21-22,28-29H,8-13,15-16H2/t19?,21-,22+. The topological polar surface area (TPSA) is 64.0 Å². The van der Waals surface area contributed by atoms with Crippen LogP contribution in [0.5, 0.6) is 5.75 Å². The highest BCUT2D eigenvalue weighted by atomic mass is 35.5. The van der Waals surface area contributed by atoms with Crippen LogP contribution in [0, 0.1) is 0 Å². The molecule has 5 nitrogen and oxygen atoms in total. The number of fused-ring (bicyclic) bond motifs is 2. The molecule has 2 aromatic carbocycles. The van der Waals surface area contributed by atoms with Crippen molar-refractivity contribution in [3.8, 4) is 5.75 Å². The molecule has 0 aromatic heterocycles. The van der Waals surface area contributed by atoms with Gasteiger partial charge in [0.25, 0.3) is 0 Å². The monoisotopic (exact) mass is 428 g/mol. The smallest absolute Gasteiger partial charge is 0.248 e. The summed E-state index contributed by atoms with van der Waals surface area (Å²) < 4.78 is 0. The van der Waals surface area contributed by atoms with Gasteiger partial charge in [-0.15, -0.1) is 0 Å². The third kappa shape index (κ3) is 4.80. The molecule has 30 heavy (non-hydrogen) atoms. The molecule has 2 aliphatic heterocycles. The first kappa shape index (κ1) is 21.2. The Balaban J connectivity index is 1.38. The Labute approximate surface area is 182 Å². The number of halogens is 1. The van der Waals surface area contributed by atoms with Crippen LogP contribution in [0.3, 0.4) is 0 Å². The van der Waals surface area contributed by atoms with Gasteiger partial charge in [-0.3, -0.25) is 9.69 Å². The van der Waals surface area contributed by atoms with Gasteiger partial charge in [-0.1, -0.05) is 35.9 Å². The van der Waals surface area contributed by atoms with E-state index in [1.807, 2.05) is 36.4 Å². The summed E-state index contributed by atoms with van der Waals surface area (Å²) in [6.07, 6.45) is 4.55. The lowest BCUT2D eigenvalue weighted by atomic mass is 9.85. The van der Waals surface area contributed by atoms with E-state index < -0.39 is 6.61 Å². The van der Waals surface area contributed by atoms with Crippen molar-refractivity contribution in [2.75, 3.05) is 19.7 Å². The highest BCUT2D eigenvalue weighted by Crippen LogP contribution is 2.43. The van der Waals surface area contributed by atoms with Crippen LogP contribution in [0.1, 0.15) is 42.7 Å². The second-order valence-electron chi connectivity index (χ2n) is 8.49. The van der Waals surface area contributed by atoms with Crippen LogP contribution in [0.25, 0.3) is 0 Å². The van der Waals surface area contributed by atoms with Crippen LogP contribution in [0.4, 0.5) is 0 Å². The number of aliphatic hydroxyl groups is 1. The third-order valence-corrected chi connectivity index (χ3v) is 6.88. The predicted octanol–water partition coefficient (Wildman–Crippen LogP) is 3.78. The van der Waals surface area contributed by atoms with E-state index in [9.17, 15) is 15.0 Å². The molecular weight excluding hydrogens is 400 g/mol. The Morgan fingerprint density at radius 2 is 1.80 bits per heavy atom. The molecule has 2 fully saturated rings. The Morgan fingerprint density at radius 1 is 1.10 bits per heavy atom. The molecule has 160 valence electrons. The molecule has 0 radical (unpaired) electrons. The first-order valence-electron chi connectivity index (χ1n) is 10.7. The summed E-state index contributed by atoms with van der Waals surface area (Å²) in [6, 6.07) is 16.2. The third-order valence-electron chi connectivity index (χ3n) is 6.63. The molecule has 4 rings (SSSR count). The molecule has 2 bridgehead atoms. The zero-order valence-electron chi connectivity index (χ0n) is 17.1. The number of aliphatic hydroxyl groups excluding tert-OH is 1. The second-order valence-corrected chi connectivity index (χ2v) is 8.92. The van der Waals surface area contributed by atoms with E-state index in [-0.39, 0.29) is 5.91 Å². The van der Waals surface area contributed by atoms with Gasteiger partial charge in [-0.05, 0) is 67.0 Å². The highest BCUT2D eigenvalue weighted by molar-refractivity contribution is 6.30. The van der Waals surface area contributed by atoms with Gasteiger partial charge >= 0.3 is 0 Å². The highest BCUT2D eigenvalue weighted by Gasteiger charge is 2.41. The van der Waals surface area contributed by atoms with Crippen molar-refractivity contribution in [3.05, 3.63) is 64.7 Å². The minimum Gasteiger partial charge on any atom is -0.508 e. The van der Waals surface area contributed by atoms with E-state index >= 15 is 0 Å². The van der Waals surface area contributed by atoms with Gasteiger partial charge in [0.15, 0.2) is 0 Å². The number of aromatic hydroxyl groups is 1. The summed E-state index contributed by atoms with van der Waals surface area (Å²) in [5.41, 5.74) is 2.23. The Morgan fingerprint density at radius 3 is 2.43 bits per heavy atom. The van der Waals surface area contributed by atoms with Gasteiger partial charge in [0, 0.05) is 36.7 Å². The molecule has 3 atom stereocenters. The van der Waals surface area contributed by atoms with Gasteiger partial charge in [-0.25, -0.2) is 0 Å². The molecule has 0 saturated carbocycles. The summed E-state index contributed by atoms with van der Waals surface area (Å²) in [4.78, 5) is 16.6. The summed E-state index contributed by atoms with van der Waals surface area (Å²) in [5, 5.41) is 19.9. The lowest BCUT2D eigenvalue weighted by Crippen LogP contribution is -2.47. The molecule has 0 spiro atoms. The molecule has 2 aromatic rings. The maximum Gasteiger partial charge on any atom is 0.248 e. The quantitative estimate of drug-likeness (QED) is 0.704. The Bertz CT molecular complexity index is 859. The van der Waals surface area contributed by atoms with Gasteiger partial charge < -0.3 is 15.1 Å². The number of phenols is 1. The number of hydrogen-bond donors (Lipinski definition) is 2. The average molecular weight is 429 g/mol. The molecule has 2 saturated heterocycles. The van der Waals surface area contributed by atoms with Gasteiger partial charge in [0.2, 0.25) is 5.91 Å². The van der Waals surface area contributed by atoms with E-state index in [4.69, 9.17) is 11.6 Å². The van der Waals surface area contributed by atoms with Crippen molar-refractivity contribution in [1.82, 2.24) is 9.80 Å². The number of benzene rings is 2. The second kappa shape index (κ2) is 9.38. The fourth-order valence-corrected chi connectivity index (χ4v) is 5.25. The van der Waals surface area contributed by atoms with Crippen LogP contribution in [-0.2, 0) is 11.3 Å². The molecule has 1 amide bonds. The zero-order valence-corrected chi connectivity index (χ0v) is 17.8. The van der Waals surface area contributed by atoms with Gasteiger partial charge in [0.05, 0.1) is 0 Å². The number of phenolic OH excluding ortho intramolecular Hbond substituents is 1. The van der Waals surface area contributed by atoms with Crippen molar-refractivity contribution < 1.29 is 15.0 Å². The first-order chi connectivity index (χ1) is 14.5. The fourth-order valence-electron chi connectivity index (χ4n) is 5.13. The van der Waals surface area contributed by atoms with E-state index in [2.05, 4.69) is 11.0 Å². The largest absolute Gasteiger partial charge is 0.508 e. The number of rotatable bonds is 7. The summed E-state index contributed by atoms with van der Waals surface area (Å²) in [7, 11) is 0. The van der Waals surface area contributed by atoms with E-state index in [0.29, 0.717) is 41.9 Å². The van der Waals surface area contributed by atoms with Crippen molar-refractivity contribution in [3.63, 3.8) is 0 Å². The zero-order chi connectivity index (χ0) is 21.1. The number of hydrogen-bond acceptors (Lipinski definition) is 4. The number of carbonyl (C=O) groups is 1. The minimum absolute atomic E-state index is 0.244. The maximum absolute atomic E-state index is 12.3. The average Bonchev–Trinajstić information content (AvgIpc) is 2.98. The van der Waals surface area contributed by atoms with E-state index in [0.717, 1.165) is 24.9 Å². The van der Waals surface area contributed by atoms with Crippen LogP contribution < -0.4 is 0 Å². The molecule has 2 N–H and O–H groups in total. The summed E-state index contributed by atoms with van der Waals surface area (Å²) in [5.74, 6) is 0.574. The Kier molecular flexibility index (Phi) is 6.61. The molecule has 2 aliphatic rings. The van der Waals surface area contributed by atoms with Crippen LogP contribution in [0.15, 0.2) is 48.5 Å². The summed E-state index contributed by atoms with van der Waals surface area (Å²) >= 11 is 5.96. The number of piperidine rings is 1. The van der Waals surface area contributed by atoms with E-state index in [1.165, 1.54) is 18.4 Å². The van der Waals surface area contributed by atoms with Crippen molar-refractivity contribution in [2.24, 2.45) is 0 Å². The fraction of sp³-hybridized carbons (Fsp3) is 0.458. The van der Waals surface area contributed by atoms with Crippen molar-refractivity contribution >= 4 is 17.5 Å². The Hall–Kier alpha value is -2.08. The first-order valence-corrected chi connectivity index (χ1v) is 11.1. The van der Waals surface area contributed by atoms with E-state index in [1.54, 1.807) is 11.0 Å². The molecule has 0 aliphatic carbocycles. The number of amides is 1. The predicted molar refractivity (Wildman–Crippen MR) is 118 cm³/mol. The van der Waals surface area contributed by atoms with Crippen molar-refractivity contribution in [2.45, 2.75) is 50.2 Å². The lowest BCUT2D eigenvalue weighted by Gasteiger charge is -2.40. The number of nitrogens with zero attached hydrogens (tertiary/aromatic N) is 2. The van der Waals surface area contributed by atoms with Crippen molar-refractivity contribution in [1.29, 1.82) is 0 Å². The van der Waals surface area contributed by atoms with Crippen LogP contribution >= 0.6 is 11.6 Å². The molecular formula is C24H29ClN2O3. The maximum atomic E-state index is 12.3. The normalized spacial score (nSPS) is 23.5. The molecule has 6 heteroatoms. The minimum atomic E-state index is -0.472. The van der Waals surface area contributed by atoms with Crippen LogP contribution in [0.2, 0.25) is 5.02 Å². The lowest BCUT2D eigenvalue weighted by molar-refractivity contribution is -0.135.